The van der Waals surface area contributed by atoms with Crippen LogP contribution in [0.4, 0.5) is 0 Å². The van der Waals surface area contributed by atoms with Crippen molar-refractivity contribution in [2.45, 2.75) is 45.5 Å². The second-order valence-corrected chi connectivity index (χ2v) is 8.26. The summed E-state index contributed by atoms with van der Waals surface area (Å²) in [6, 6.07) is 25.3. The maximum Gasteiger partial charge on any atom is 0.336 e. The summed E-state index contributed by atoms with van der Waals surface area (Å²) in [5, 5.41) is 11.1. The number of aliphatic hydroxyl groups is 1. The zero-order valence-electron chi connectivity index (χ0n) is 20.7. The molecule has 3 aromatic carbocycles. The Hall–Kier alpha value is -3.35. The van der Waals surface area contributed by atoms with Crippen LogP contribution in [-0.4, -0.2) is 48.4 Å². The molecule has 0 aliphatic heterocycles. The van der Waals surface area contributed by atoms with Gasteiger partial charge in [0.2, 0.25) is 0 Å². The molecule has 0 heterocycles. The van der Waals surface area contributed by atoms with E-state index in [1.165, 1.54) is 7.11 Å². The standard InChI is InChI=1S/C29H35NO5/c1-4-34-26-17-16-24(19-27(26)35-5-2)18-25(28(31)29(32)33-3)30(20-22-12-8-6-9-13-22)21-23-14-10-7-11-15-23/h6-17,19,25,28,31H,4-5,18,20-21H2,1-3H3. The largest absolute Gasteiger partial charge is 0.490 e. The normalized spacial score (nSPS) is 12.7. The number of rotatable bonds is 13. The predicted octanol–water partition coefficient (Wildman–Crippen LogP) is 4.63. The van der Waals surface area contributed by atoms with Crippen LogP contribution in [0.1, 0.15) is 30.5 Å². The van der Waals surface area contributed by atoms with Crippen molar-refractivity contribution in [1.82, 2.24) is 4.90 Å². The topological polar surface area (TPSA) is 68.2 Å². The van der Waals surface area contributed by atoms with Crippen LogP contribution in [0.2, 0.25) is 0 Å². The smallest absolute Gasteiger partial charge is 0.336 e. The number of nitrogens with zero attached hydrogens (tertiary/aromatic N) is 1. The first-order valence-electron chi connectivity index (χ1n) is 12.0. The molecule has 0 saturated heterocycles. The van der Waals surface area contributed by atoms with E-state index in [0.29, 0.717) is 44.2 Å². The van der Waals surface area contributed by atoms with E-state index in [4.69, 9.17) is 14.2 Å². The average Bonchev–Trinajstić information content (AvgIpc) is 2.89. The molecule has 35 heavy (non-hydrogen) atoms. The molecule has 0 fully saturated rings. The molecule has 0 spiro atoms. The lowest BCUT2D eigenvalue weighted by Gasteiger charge is -2.34. The molecule has 0 saturated carbocycles. The lowest BCUT2D eigenvalue weighted by atomic mass is 9.97. The van der Waals surface area contributed by atoms with Gasteiger partial charge < -0.3 is 19.3 Å². The third-order valence-corrected chi connectivity index (χ3v) is 5.79. The summed E-state index contributed by atoms with van der Waals surface area (Å²) in [5.74, 6) is 0.668. The van der Waals surface area contributed by atoms with Gasteiger partial charge in [0, 0.05) is 13.1 Å². The molecule has 0 aromatic heterocycles. The summed E-state index contributed by atoms with van der Waals surface area (Å²) < 4.78 is 16.4. The van der Waals surface area contributed by atoms with Crippen molar-refractivity contribution >= 4 is 5.97 Å². The Morgan fingerprint density at radius 2 is 1.34 bits per heavy atom. The molecule has 6 heteroatoms. The second-order valence-electron chi connectivity index (χ2n) is 8.26. The SMILES string of the molecule is CCOc1ccc(CC(C(O)C(=O)OC)N(Cc2ccccc2)Cc2ccccc2)cc1OCC. The molecule has 3 rings (SSSR count). The number of methoxy groups -OCH3 is 1. The van der Waals surface area contributed by atoms with E-state index in [1.54, 1.807) is 0 Å². The highest BCUT2D eigenvalue weighted by Crippen LogP contribution is 2.30. The van der Waals surface area contributed by atoms with Crippen LogP contribution in [0, 0.1) is 0 Å². The van der Waals surface area contributed by atoms with E-state index in [1.807, 2.05) is 92.7 Å². The Kier molecular flexibility index (Phi) is 10.1. The molecule has 0 aliphatic rings. The maximum atomic E-state index is 12.5. The van der Waals surface area contributed by atoms with Crippen molar-refractivity contribution in [3.63, 3.8) is 0 Å². The van der Waals surface area contributed by atoms with Crippen LogP contribution in [0.3, 0.4) is 0 Å². The minimum absolute atomic E-state index is 0.419. The molecule has 0 radical (unpaired) electrons. The predicted molar refractivity (Wildman–Crippen MR) is 136 cm³/mol. The highest BCUT2D eigenvalue weighted by Gasteiger charge is 2.32. The van der Waals surface area contributed by atoms with Crippen LogP contribution in [0.15, 0.2) is 78.9 Å². The monoisotopic (exact) mass is 477 g/mol. The number of ether oxygens (including phenoxy) is 3. The molecule has 6 nitrogen and oxygen atoms in total. The number of hydrogen-bond donors (Lipinski definition) is 1. The Morgan fingerprint density at radius 1 is 0.800 bits per heavy atom. The summed E-state index contributed by atoms with van der Waals surface area (Å²) in [6.07, 6.45) is -0.905. The highest BCUT2D eigenvalue weighted by molar-refractivity contribution is 5.75. The van der Waals surface area contributed by atoms with Gasteiger partial charge in [0.1, 0.15) is 0 Å². The molecule has 2 unspecified atom stereocenters. The molecule has 3 aromatic rings. The summed E-state index contributed by atoms with van der Waals surface area (Å²) in [6.45, 7) is 6.01. The minimum atomic E-state index is -1.32. The third kappa shape index (κ3) is 7.57. The Balaban J connectivity index is 1.98. The first-order chi connectivity index (χ1) is 17.0. The van der Waals surface area contributed by atoms with Gasteiger partial charge in [-0.1, -0.05) is 66.7 Å². The first kappa shape index (κ1) is 26.3. The molecule has 0 bridgehead atoms. The second kappa shape index (κ2) is 13.5. The van der Waals surface area contributed by atoms with Crippen molar-refractivity contribution in [2.24, 2.45) is 0 Å². The quantitative estimate of drug-likeness (QED) is 0.362. The number of hydrogen-bond acceptors (Lipinski definition) is 6. The third-order valence-electron chi connectivity index (χ3n) is 5.79. The van der Waals surface area contributed by atoms with Gasteiger partial charge in [0.15, 0.2) is 17.6 Å². The van der Waals surface area contributed by atoms with Crippen LogP contribution < -0.4 is 9.47 Å². The maximum absolute atomic E-state index is 12.5. The van der Waals surface area contributed by atoms with E-state index in [9.17, 15) is 9.90 Å². The zero-order chi connectivity index (χ0) is 25.0. The van der Waals surface area contributed by atoms with E-state index in [-0.39, 0.29) is 0 Å². The van der Waals surface area contributed by atoms with Crippen LogP contribution in [0.5, 0.6) is 11.5 Å². The lowest BCUT2D eigenvalue weighted by Crippen LogP contribution is -2.48. The van der Waals surface area contributed by atoms with Gasteiger partial charge in [-0.15, -0.1) is 0 Å². The van der Waals surface area contributed by atoms with E-state index >= 15 is 0 Å². The number of carbonyl (C=O) groups excluding carboxylic acids is 1. The molecule has 2 atom stereocenters. The molecule has 0 amide bonds. The fourth-order valence-electron chi connectivity index (χ4n) is 4.11. The van der Waals surface area contributed by atoms with Crippen molar-refractivity contribution in [2.75, 3.05) is 20.3 Å². The van der Waals surface area contributed by atoms with Crippen LogP contribution in [0.25, 0.3) is 0 Å². The number of aliphatic hydroxyl groups excluding tert-OH is 1. The summed E-state index contributed by atoms with van der Waals surface area (Å²) in [7, 11) is 1.30. The molecule has 186 valence electrons. The van der Waals surface area contributed by atoms with Gasteiger partial charge in [-0.3, -0.25) is 4.90 Å². The van der Waals surface area contributed by atoms with Gasteiger partial charge in [-0.2, -0.15) is 0 Å². The fraction of sp³-hybridized carbons (Fsp3) is 0.345. The zero-order valence-corrected chi connectivity index (χ0v) is 20.7. The summed E-state index contributed by atoms with van der Waals surface area (Å²) in [4.78, 5) is 14.6. The van der Waals surface area contributed by atoms with Crippen molar-refractivity contribution in [3.8, 4) is 11.5 Å². The highest BCUT2D eigenvalue weighted by atomic mass is 16.5. The van der Waals surface area contributed by atoms with Gasteiger partial charge in [-0.25, -0.2) is 4.79 Å². The molecule has 1 N–H and O–H groups in total. The van der Waals surface area contributed by atoms with Crippen molar-refractivity contribution in [1.29, 1.82) is 0 Å². The summed E-state index contributed by atoms with van der Waals surface area (Å²) in [5.41, 5.74) is 3.11. The van der Waals surface area contributed by atoms with Gasteiger partial charge in [0.25, 0.3) is 0 Å². The Morgan fingerprint density at radius 3 is 1.86 bits per heavy atom. The molecular weight excluding hydrogens is 442 g/mol. The van der Waals surface area contributed by atoms with Crippen molar-refractivity contribution < 1.29 is 24.1 Å². The molecule has 0 aliphatic carbocycles. The summed E-state index contributed by atoms with van der Waals surface area (Å²) >= 11 is 0. The number of benzene rings is 3. The van der Waals surface area contributed by atoms with Gasteiger partial charge in [-0.05, 0) is 49.1 Å². The number of esters is 1. The van der Waals surface area contributed by atoms with Crippen LogP contribution in [-0.2, 0) is 29.0 Å². The Bertz CT molecular complexity index is 1000. The minimum Gasteiger partial charge on any atom is -0.490 e. The van der Waals surface area contributed by atoms with Gasteiger partial charge in [0.05, 0.1) is 26.4 Å². The van der Waals surface area contributed by atoms with E-state index in [0.717, 1.165) is 16.7 Å². The van der Waals surface area contributed by atoms with Crippen LogP contribution >= 0.6 is 0 Å². The number of carbonyl (C=O) groups is 1. The van der Waals surface area contributed by atoms with E-state index in [2.05, 4.69) is 4.90 Å². The Labute approximate surface area is 208 Å². The fourth-order valence-corrected chi connectivity index (χ4v) is 4.11. The lowest BCUT2D eigenvalue weighted by molar-refractivity contribution is -0.154. The average molecular weight is 478 g/mol. The van der Waals surface area contributed by atoms with Gasteiger partial charge >= 0.3 is 5.97 Å². The molecular formula is C29H35NO5. The van der Waals surface area contributed by atoms with Crippen molar-refractivity contribution in [3.05, 3.63) is 95.6 Å². The first-order valence-corrected chi connectivity index (χ1v) is 12.0. The van der Waals surface area contributed by atoms with E-state index < -0.39 is 18.1 Å².